The minimum absolute atomic E-state index is 0. The summed E-state index contributed by atoms with van der Waals surface area (Å²) in [5, 5.41) is 7.64. The van der Waals surface area contributed by atoms with Gasteiger partial charge in [-0.2, -0.15) is 4.98 Å². The van der Waals surface area contributed by atoms with Gasteiger partial charge in [-0.25, -0.2) is 0 Å². The lowest BCUT2D eigenvalue weighted by Crippen LogP contribution is -2.18. The highest BCUT2D eigenvalue weighted by molar-refractivity contribution is 6.33. The maximum absolute atomic E-state index is 6.06. The van der Waals surface area contributed by atoms with E-state index in [1.54, 1.807) is 13.2 Å². The van der Waals surface area contributed by atoms with Gasteiger partial charge in [0.05, 0.1) is 18.2 Å². The van der Waals surface area contributed by atoms with Crippen LogP contribution in [0, 0.1) is 0 Å². The standard InChI is InChI=1S/C12H14ClN3O2.ClH/c1-17-7-6-14-8-11-15-12(16-18-11)9-4-2-3-5-10(9)13;/h2-5,14H,6-8H2,1H3;1H. The molecule has 0 aliphatic carbocycles. The van der Waals surface area contributed by atoms with E-state index in [4.69, 9.17) is 20.9 Å². The molecule has 1 aromatic carbocycles. The molecule has 2 rings (SSSR count). The van der Waals surface area contributed by atoms with Crippen molar-refractivity contribution in [3.05, 3.63) is 35.2 Å². The summed E-state index contributed by atoms with van der Waals surface area (Å²) < 4.78 is 10.1. The van der Waals surface area contributed by atoms with Crippen molar-refractivity contribution in [1.82, 2.24) is 15.5 Å². The Morgan fingerprint density at radius 2 is 2.16 bits per heavy atom. The molecule has 0 amide bonds. The van der Waals surface area contributed by atoms with Crippen LogP contribution in [0.2, 0.25) is 5.02 Å². The summed E-state index contributed by atoms with van der Waals surface area (Å²) in [7, 11) is 1.66. The Kier molecular flexibility index (Phi) is 6.80. The van der Waals surface area contributed by atoms with E-state index in [0.717, 1.165) is 12.1 Å². The zero-order valence-corrected chi connectivity index (χ0v) is 12.0. The van der Waals surface area contributed by atoms with Crippen molar-refractivity contribution in [2.24, 2.45) is 0 Å². The molecule has 0 saturated carbocycles. The van der Waals surface area contributed by atoms with Gasteiger partial charge in [-0.1, -0.05) is 28.9 Å². The number of ether oxygens (including phenoxy) is 1. The first-order chi connectivity index (χ1) is 8.81. The molecule has 0 aliphatic rings. The summed E-state index contributed by atoms with van der Waals surface area (Å²) in [4.78, 5) is 4.27. The average molecular weight is 304 g/mol. The Balaban J connectivity index is 0.00000180. The van der Waals surface area contributed by atoms with E-state index in [9.17, 15) is 0 Å². The van der Waals surface area contributed by atoms with E-state index < -0.39 is 0 Å². The van der Waals surface area contributed by atoms with Gasteiger partial charge < -0.3 is 14.6 Å². The number of hydrogen-bond donors (Lipinski definition) is 1. The predicted octanol–water partition coefficient (Wildman–Crippen LogP) is 2.55. The van der Waals surface area contributed by atoms with Gasteiger partial charge in [0.25, 0.3) is 0 Å². The van der Waals surface area contributed by atoms with Crippen LogP contribution >= 0.6 is 24.0 Å². The second kappa shape index (κ2) is 8.12. The largest absolute Gasteiger partial charge is 0.383 e. The highest BCUT2D eigenvalue weighted by atomic mass is 35.5. The van der Waals surface area contributed by atoms with E-state index in [1.165, 1.54) is 0 Å². The summed E-state index contributed by atoms with van der Waals surface area (Å²) in [6, 6.07) is 7.40. The number of methoxy groups -OCH3 is 1. The van der Waals surface area contributed by atoms with Crippen LogP contribution in [0.25, 0.3) is 11.4 Å². The number of nitrogens with one attached hydrogen (secondary N) is 1. The third-order valence-corrected chi connectivity index (χ3v) is 2.67. The van der Waals surface area contributed by atoms with Gasteiger partial charge >= 0.3 is 0 Å². The number of hydrogen-bond acceptors (Lipinski definition) is 5. The highest BCUT2D eigenvalue weighted by Crippen LogP contribution is 2.24. The third-order valence-electron chi connectivity index (χ3n) is 2.34. The summed E-state index contributed by atoms with van der Waals surface area (Å²) in [5.74, 6) is 1.03. The molecule has 0 bridgehead atoms. The van der Waals surface area contributed by atoms with Crippen molar-refractivity contribution in [3.63, 3.8) is 0 Å². The lowest BCUT2D eigenvalue weighted by Gasteiger charge is -1.99. The van der Waals surface area contributed by atoms with Crippen LogP contribution in [-0.4, -0.2) is 30.4 Å². The number of halogens is 2. The monoisotopic (exact) mass is 303 g/mol. The zero-order chi connectivity index (χ0) is 12.8. The van der Waals surface area contributed by atoms with Gasteiger partial charge in [0.15, 0.2) is 0 Å². The Morgan fingerprint density at radius 1 is 1.37 bits per heavy atom. The molecule has 0 aliphatic heterocycles. The first kappa shape index (κ1) is 15.9. The van der Waals surface area contributed by atoms with Gasteiger partial charge in [-0.05, 0) is 12.1 Å². The lowest BCUT2D eigenvalue weighted by molar-refractivity contribution is 0.197. The Morgan fingerprint density at radius 3 is 2.89 bits per heavy atom. The van der Waals surface area contributed by atoms with Crippen molar-refractivity contribution in [2.75, 3.05) is 20.3 Å². The summed E-state index contributed by atoms with van der Waals surface area (Å²) >= 11 is 6.06. The molecule has 0 unspecified atom stereocenters. The van der Waals surface area contributed by atoms with E-state index in [1.807, 2.05) is 18.2 Å². The number of benzene rings is 1. The predicted molar refractivity (Wildman–Crippen MR) is 75.6 cm³/mol. The topological polar surface area (TPSA) is 60.2 Å². The normalized spacial score (nSPS) is 10.2. The summed E-state index contributed by atoms with van der Waals surface area (Å²) in [6.07, 6.45) is 0. The first-order valence-electron chi connectivity index (χ1n) is 5.58. The van der Waals surface area contributed by atoms with E-state index in [2.05, 4.69) is 15.5 Å². The molecule has 104 valence electrons. The molecule has 0 fully saturated rings. The molecule has 2 aromatic rings. The Bertz CT molecular complexity index is 505. The maximum atomic E-state index is 6.06. The minimum atomic E-state index is 0. The second-order valence-electron chi connectivity index (χ2n) is 3.66. The fourth-order valence-electron chi connectivity index (χ4n) is 1.45. The Labute approximate surface area is 122 Å². The fraction of sp³-hybridized carbons (Fsp3) is 0.333. The minimum Gasteiger partial charge on any atom is -0.383 e. The molecule has 1 N–H and O–H groups in total. The van der Waals surface area contributed by atoms with Crippen LogP contribution in [-0.2, 0) is 11.3 Å². The van der Waals surface area contributed by atoms with Crippen molar-refractivity contribution in [2.45, 2.75) is 6.54 Å². The molecule has 0 atom stereocenters. The second-order valence-corrected chi connectivity index (χ2v) is 4.07. The van der Waals surface area contributed by atoms with Crippen molar-refractivity contribution >= 4 is 24.0 Å². The molecular weight excluding hydrogens is 289 g/mol. The summed E-state index contributed by atoms with van der Waals surface area (Å²) in [5.41, 5.74) is 0.769. The third kappa shape index (κ3) is 4.47. The molecule has 5 nitrogen and oxygen atoms in total. The van der Waals surface area contributed by atoms with Crippen LogP contribution in [0.3, 0.4) is 0 Å². The molecule has 0 saturated heterocycles. The van der Waals surface area contributed by atoms with Gasteiger partial charge in [0, 0.05) is 19.2 Å². The summed E-state index contributed by atoms with van der Waals surface area (Å²) in [6.45, 7) is 1.90. The van der Waals surface area contributed by atoms with Gasteiger partial charge in [0.2, 0.25) is 11.7 Å². The van der Waals surface area contributed by atoms with E-state index in [-0.39, 0.29) is 12.4 Å². The number of rotatable bonds is 6. The van der Waals surface area contributed by atoms with Crippen molar-refractivity contribution < 1.29 is 9.26 Å². The number of nitrogens with zero attached hydrogens (tertiary/aromatic N) is 2. The van der Waals surface area contributed by atoms with Crippen LogP contribution in [0.4, 0.5) is 0 Å². The molecule has 7 heteroatoms. The first-order valence-corrected chi connectivity index (χ1v) is 5.96. The van der Waals surface area contributed by atoms with Crippen LogP contribution in [0.5, 0.6) is 0 Å². The zero-order valence-electron chi connectivity index (χ0n) is 10.4. The average Bonchev–Trinajstić information content (AvgIpc) is 2.84. The molecule has 1 heterocycles. The van der Waals surface area contributed by atoms with Gasteiger partial charge in [0.1, 0.15) is 0 Å². The molecule has 0 radical (unpaired) electrons. The molecule has 19 heavy (non-hydrogen) atoms. The molecular formula is C12H15Cl2N3O2. The lowest BCUT2D eigenvalue weighted by atomic mass is 10.2. The van der Waals surface area contributed by atoms with Crippen molar-refractivity contribution in [1.29, 1.82) is 0 Å². The molecule has 0 spiro atoms. The Hall–Kier alpha value is -1.14. The van der Waals surface area contributed by atoms with Gasteiger partial charge in [-0.15, -0.1) is 12.4 Å². The van der Waals surface area contributed by atoms with Gasteiger partial charge in [-0.3, -0.25) is 0 Å². The van der Waals surface area contributed by atoms with Crippen LogP contribution in [0.15, 0.2) is 28.8 Å². The van der Waals surface area contributed by atoms with E-state index in [0.29, 0.717) is 29.9 Å². The smallest absolute Gasteiger partial charge is 0.240 e. The van der Waals surface area contributed by atoms with Crippen molar-refractivity contribution in [3.8, 4) is 11.4 Å². The molecule has 1 aromatic heterocycles. The maximum Gasteiger partial charge on any atom is 0.240 e. The van der Waals surface area contributed by atoms with E-state index >= 15 is 0 Å². The van der Waals surface area contributed by atoms with Crippen LogP contribution in [0.1, 0.15) is 5.89 Å². The van der Waals surface area contributed by atoms with Crippen LogP contribution < -0.4 is 5.32 Å². The highest BCUT2D eigenvalue weighted by Gasteiger charge is 2.10. The number of aromatic nitrogens is 2. The fourth-order valence-corrected chi connectivity index (χ4v) is 1.67. The quantitative estimate of drug-likeness (QED) is 0.831. The SMILES string of the molecule is COCCNCc1nc(-c2ccccc2Cl)no1.Cl.